The average molecular weight is 402 g/mol. The van der Waals surface area contributed by atoms with E-state index in [1.54, 1.807) is 25.4 Å². The summed E-state index contributed by atoms with van der Waals surface area (Å²) < 4.78 is 41.2. The second-order valence-electron chi connectivity index (χ2n) is 5.50. The summed E-state index contributed by atoms with van der Waals surface area (Å²) in [5.74, 6) is 0.483. The van der Waals surface area contributed by atoms with Crippen LogP contribution in [0.1, 0.15) is 11.1 Å². The van der Waals surface area contributed by atoms with Crippen LogP contribution in [0, 0.1) is 0 Å². The van der Waals surface area contributed by atoms with Crippen LogP contribution in [0.3, 0.4) is 0 Å². The first-order valence-corrected chi connectivity index (χ1v) is 8.43. The van der Waals surface area contributed by atoms with Crippen molar-refractivity contribution in [3.05, 3.63) is 52.9 Å². The van der Waals surface area contributed by atoms with Crippen LogP contribution in [-0.4, -0.2) is 42.3 Å². The maximum Gasteiger partial charge on any atom is 0.422 e. The molecule has 0 amide bonds. The second kappa shape index (κ2) is 9.96. The van der Waals surface area contributed by atoms with Gasteiger partial charge in [-0.3, -0.25) is 4.99 Å². The number of aromatic nitrogens is 2. The monoisotopic (exact) mass is 401 g/mol. The van der Waals surface area contributed by atoms with Crippen molar-refractivity contribution in [2.24, 2.45) is 4.99 Å². The second-order valence-corrected chi connectivity index (χ2v) is 5.89. The molecule has 0 atom stereocenters. The Kier molecular flexibility index (Phi) is 7.66. The predicted molar refractivity (Wildman–Crippen MR) is 96.9 cm³/mol. The van der Waals surface area contributed by atoms with Gasteiger partial charge in [-0.25, -0.2) is 9.97 Å². The van der Waals surface area contributed by atoms with Crippen LogP contribution in [0.15, 0.2) is 41.7 Å². The molecule has 2 aromatic heterocycles. The average Bonchev–Trinajstić information content (AvgIpc) is 2.64. The molecule has 2 heterocycles. The first kappa shape index (κ1) is 20.8. The van der Waals surface area contributed by atoms with E-state index in [-0.39, 0.29) is 5.88 Å². The van der Waals surface area contributed by atoms with Crippen molar-refractivity contribution in [2.45, 2.75) is 19.1 Å². The third-order valence-electron chi connectivity index (χ3n) is 3.36. The molecule has 0 saturated heterocycles. The summed E-state index contributed by atoms with van der Waals surface area (Å²) in [6, 6.07) is 6.75. The van der Waals surface area contributed by atoms with Crippen LogP contribution in [0.2, 0.25) is 5.15 Å². The number of nitrogens with zero attached hydrogens (tertiary/aromatic N) is 3. The fraction of sp³-hybridized carbons (Fsp3) is 0.353. The molecule has 0 saturated carbocycles. The summed E-state index contributed by atoms with van der Waals surface area (Å²) in [5, 5.41) is 6.67. The van der Waals surface area contributed by atoms with Crippen molar-refractivity contribution in [3.63, 3.8) is 0 Å². The predicted octanol–water partition coefficient (Wildman–Crippen LogP) is 2.98. The van der Waals surface area contributed by atoms with Crippen molar-refractivity contribution in [2.75, 3.05) is 20.2 Å². The Bertz CT molecular complexity index is 753. The molecule has 2 rings (SSSR count). The van der Waals surface area contributed by atoms with E-state index in [0.717, 1.165) is 12.0 Å². The maximum atomic E-state index is 12.2. The van der Waals surface area contributed by atoms with Gasteiger partial charge in [0.2, 0.25) is 5.88 Å². The number of guanidine groups is 1. The molecule has 0 spiro atoms. The fourth-order valence-corrected chi connectivity index (χ4v) is 2.19. The Hall–Kier alpha value is -2.55. The van der Waals surface area contributed by atoms with Crippen LogP contribution < -0.4 is 15.4 Å². The zero-order valence-electron chi connectivity index (χ0n) is 14.6. The van der Waals surface area contributed by atoms with Gasteiger partial charge in [-0.2, -0.15) is 13.2 Å². The van der Waals surface area contributed by atoms with Gasteiger partial charge in [0.25, 0.3) is 0 Å². The number of nitrogens with one attached hydrogen (secondary N) is 2. The van der Waals surface area contributed by atoms with Crippen LogP contribution in [0.25, 0.3) is 0 Å². The smallest absolute Gasteiger partial charge is 0.422 e. The van der Waals surface area contributed by atoms with Crippen LogP contribution >= 0.6 is 11.6 Å². The number of hydrogen-bond acceptors (Lipinski definition) is 4. The van der Waals surface area contributed by atoms with Crippen LogP contribution in [0.5, 0.6) is 5.88 Å². The van der Waals surface area contributed by atoms with Crippen molar-refractivity contribution in [1.82, 2.24) is 20.6 Å². The first-order valence-electron chi connectivity index (χ1n) is 8.05. The van der Waals surface area contributed by atoms with Gasteiger partial charge in [-0.1, -0.05) is 17.7 Å². The molecule has 0 bridgehead atoms. The molecule has 0 aliphatic rings. The highest BCUT2D eigenvalue weighted by Crippen LogP contribution is 2.17. The van der Waals surface area contributed by atoms with E-state index in [2.05, 4.69) is 30.3 Å². The minimum absolute atomic E-state index is 0.0789. The first-order chi connectivity index (χ1) is 12.9. The summed E-state index contributed by atoms with van der Waals surface area (Å²) in [6.07, 6.45) is -0.566. The molecule has 0 aliphatic heterocycles. The van der Waals surface area contributed by atoms with E-state index in [1.165, 1.54) is 12.3 Å². The lowest BCUT2D eigenvalue weighted by Crippen LogP contribution is -2.37. The summed E-state index contributed by atoms with van der Waals surface area (Å²) >= 11 is 5.75. The van der Waals surface area contributed by atoms with Crippen molar-refractivity contribution in [1.29, 1.82) is 0 Å². The molecule has 0 aliphatic carbocycles. The third-order valence-corrected chi connectivity index (χ3v) is 3.58. The lowest BCUT2D eigenvalue weighted by Gasteiger charge is -2.13. The summed E-state index contributed by atoms with van der Waals surface area (Å²) in [5.41, 5.74) is 1.75. The van der Waals surface area contributed by atoms with Gasteiger partial charge in [-0.15, -0.1) is 0 Å². The van der Waals surface area contributed by atoms with Crippen molar-refractivity contribution in [3.8, 4) is 5.88 Å². The van der Waals surface area contributed by atoms with E-state index >= 15 is 0 Å². The van der Waals surface area contributed by atoms with E-state index in [9.17, 15) is 13.2 Å². The molecule has 0 aromatic carbocycles. The molecule has 27 heavy (non-hydrogen) atoms. The van der Waals surface area contributed by atoms with E-state index in [1.807, 2.05) is 6.07 Å². The van der Waals surface area contributed by atoms with E-state index < -0.39 is 12.8 Å². The number of ether oxygens (including phenoxy) is 1. The van der Waals surface area contributed by atoms with Gasteiger partial charge in [0.15, 0.2) is 12.6 Å². The minimum atomic E-state index is -4.40. The van der Waals surface area contributed by atoms with E-state index in [4.69, 9.17) is 11.6 Å². The van der Waals surface area contributed by atoms with Crippen molar-refractivity contribution < 1.29 is 17.9 Å². The number of rotatable bonds is 7. The van der Waals surface area contributed by atoms with Gasteiger partial charge in [-0.05, 0) is 29.7 Å². The lowest BCUT2D eigenvalue weighted by molar-refractivity contribution is -0.154. The highest BCUT2D eigenvalue weighted by molar-refractivity contribution is 6.29. The van der Waals surface area contributed by atoms with Gasteiger partial charge in [0, 0.05) is 38.6 Å². The summed E-state index contributed by atoms with van der Waals surface area (Å²) in [6.45, 7) is -0.397. The van der Waals surface area contributed by atoms with Crippen LogP contribution in [0.4, 0.5) is 13.2 Å². The molecule has 0 radical (unpaired) electrons. The van der Waals surface area contributed by atoms with Gasteiger partial charge >= 0.3 is 6.18 Å². The van der Waals surface area contributed by atoms with Gasteiger partial charge in [0.05, 0.1) is 0 Å². The van der Waals surface area contributed by atoms with Gasteiger partial charge in [0.1, 0.15) is 5.15 Å². The molecule has 10 heteroatoms. The highest BCUT2D eigenvalue weighted by Gasteiger charge is 2.28. The normalized spacial score (nSPS) is 12.0. The minimum Gasteiger partial charge on any atom is -0.468 e. The molecule has 0 fully saturated rings. The van der Waals surface area contributed by atoms with Gasteiger partial charge < -0.3 is 15.4 Å². The number of hydrogen-bond donors (Lipinski definition) is 2. The quantitative estimate of drug-likeness (QED) is 0.424. The van der Waals surface area contributed by atoms with Crippen LogP contribution in [-0.2, 0) is 13.0 Å². The Balaban J connectivity index is 1.79. The Labute approximate surface area is 159 Å². The largest absolute Gasteiger partial charge is 0.468 e. The third kappa shape index (κ3) is 8.12. The SMILES string of the molecule is CN=C(NCCc1ccc(Cl)nc1)NCc1ccnc(OCC(F)(F)F)c1. The highest BCUT2D eigenvalue weighted by atomic mass is 35.5. The lowest BCUT2D eigenvalue weighted by atomic mass is 10.2. The number of aliphatic imine (C=N–C) groups is 1. The topological polar surface area (TPSA) is 71.4 Å². The maximum absolute atomic E-state index is 12.2. The Morgan fingerprint density at radius 1 is 1.19 bits per heavy atom. The number of halogens is 4. The Morgan fingerprint density at radius 3 is 2.67 bits per heavy atom. The number of alkyl halides is 3. The van der Waals surface area contributed by atoms with E-state index in [0.29, 0.717) is 29.8 Å². The Morgan fingerprint density at radius 2 is 2.00 bits per heavy atom. The zero-order valence-corrected chi connectivity index (χ0v) is 15.3. The zero-order chi connectivity index (χ0) is 19.7. The molecule has 146 valence electrons. The molecule has 0 unspecified atom stereocenters. The molecule has 2 aromatic rings. The summed E-state index contributed by atoms with van der Waals surface area (Å²) in [7, 11) is 1.63. The number of pyridine rings is 2. The van der Waals surface area contributed by atoms with Crippen molar-refractivity contribution >= 4 is 17.6 Å². The standard InChI is InChI=1S/C17H19ClF3N5O/c1-22-16(24-7-4-12-2-3-14(18)25-9-12)26-10-13-5-6-23-15(8-13)27-11-17(19,20)21/h2-3,5-6,8-9H,4,7,10-11H2,1H3,(H2,22,24,26). The molecule has 2 N–H and O–H groups in total. The molecular formula is C17H19ClF3N5O. The summed E-state index contributed by atoms with van der Waals surface area (Å²) in [4.78, 5) is 11.9. The fourth-order valence-electron chi connectivity index (χ4n) is 2.08. The molecular weight excluding hydrogens is 383 g/mol. The molecule has 6 nitrogen and oxygen atoms in total.